The minimum atomic E-state index is -0.00926. The Morgan fingerprint density at radius 2 is 1.94 bits per heavy atom. The summed E-state index contributed by atoms with van der Waals surface area (Å²) in [4.78, 5) is 13.7. The maximum absolute atomic E-state index is 12.0. The van der Waals surface area contributed by atoms with E-state index in [0.717, 1.165) is 4.47 Å². The van der Waals surface area contributed by atoms with E-state index in [1.165, 1.54) is 0 Å². The summed E-state index contributed by atoms with van der Waals surface area (Å²) in [6.07, 6.45) is 0. The number of benzene rings is 1. The van der Waals surface area contributed by atoms with E-state index in [0.29, 0.717) is 24.3 Å². The number of nitrogen functional groups attached to an aromatic ring is 1. The summed E-state index contributed by atoms with van der Waals surface area (Å²) in [5.74, 6) is -0.00926. The van der Waals surface area contributed by atoms with Crippen LogP contribution in [0.25, 0.3) is 0 Å². The molecule has 0 bridgehead atoms. The van der Waals surface area contributed by atoms with Gasteiger partial charge in [0.25, 0.3) is 5.91 Å². The molecule has 0 unspecified atom stereocenters. The van der Waals surface area contributed by atoms with Crippen molar-refractivity contribution in [3.63, 3.8) is 0 Å². The van der Waals surface area contributed by atoms with Crippen LogP contribution in [0.15, 0.2) is 22.7 Å². The van der Waals surface area contributed by atoms with Gasteiger partial charge in [-0.2, -0.15) is 0 Å². The number of hydrogen-bond donors (Lipinski definition) is 1. The Morgan fingerprint density at radius 3 is 2.38 bits per heavy atom. The first-order valence-electron chi connectivity index (χ1n) is 4.94. The molecular weight excluding hydrogens is 291 g/mol. The van der Waals surface area contributed by atoms with Crippen molar-refractivity contribution in [2.24, 2.45) is 0 Å². The maximum atomic E-state index is 12.0. The summed E-state index contributed by atoms with van der Waals surface area (Å²) in [6, 6.07) is 5.32. The normalized spacial score (nSPS) is 9.44. The average molecular weight is 308 g/mol. The van der Waals surface area contributed by atoms with E-state index >= 15 is 0 Å². The summed E-state index contributed by atoms with van der Waals surface area (Å²) in [7, 11) is 0. The molecule has 2 N–H and O–H groups in total. The smallest absolute Gasteiger partial charge is 0.255 e. The maximum Gasteiger partial charge on any atom is 0.255 e. The second-order valence-electron chi connectivity index (χ2n) is 3.21. The highest BCUT2D eigenvalue weighted by molar-refractivity contribution is 9.10. The van der Waals surface area contributed by atoms with E-state index in [1.807, 2.05) is 19.9 Å². The van der Waals surface area contributed by atoms with Crippen molar-refractivity contribution in [1.82, 2.24) is 4.90 Å². The fourth-order valence-electron chi connectivity index (χ4n) is 1.41. The van der Waals surface area contributed by atoms with Crippen molar-refractivity contribution in [2.75, 3.05) is 18.8 Å². The summed E-state index contributed by atoms with van der Waals surface area (Å²) >= 11 is 3.31. The number of hydrogen-bond acceptors (Lipinski definition) is 2. The number of carbonyl (C=O) groups excluding carboxylic acids is 1. The van der Waals surface area contributed by atoms with E-state index in [4.69, 9.17) is 5.73 Å². The Balaban J connectivity index is 0.00000225. The van der Waals surface area contributed by atoms with Crippen molar-refractivity contribution in [3.05, 3.63) is 28.2 Å². The summed E-state index contributed by atoms with van der Waals surface area (Å²) in [6.45, 7) is 5.31. The zero-order chi connectivity index (χ0) is 11.4. The predicted octanol–water partition coefficient (Wildman–Crippen LogP) is 2.94. The molecule has 1 rings (SSSR count). The van der Waals surface area contributed by atoms with Crippen molar-refractivity contribution in [2.45, 2.75) is 13.8 Å². The topological polar surface area (TPSA) is 46.3 Å². The molecule has 0 aromatic heterocycles. The highest BCUT2D eigenvalue weighted by atomic mass is 79.9. The SMILES string of the molecule is CCN(CC)C(=O)c1ccc(Br)cc1N.Cl. The molecule has 1 aromatic carbocycles. The lowest BCUT2D eigenvalue weighted by molar-refractivity contribution is 0.0774. The molecule has 0 aliphatic heterocycles. The number of carbonyl (C=O) groups is 1. The van der Waals surface area contributed by atoms with E-state index in [-0.39, 0.29) is 18.3 Å². The Hall–Kier alpha value is -0.740. The van der Waals surface area contributed by atoms with Crippen molar-refractivity contribution in [3.8, 4) is 0 Å². The molecule has 0 atom stereocenters. The van der Waals surface area contributed by atoms with Gasteiger partial charge in [-0.05, 0) is 32.0 Å². The monoisotopic (exact) mass is 306 g/mol. The molecule has 1 aromatic rings. The highest BCUT2D eigenvalue weighted by Crippen LogP contribution is 2.19. The largest absolute Gasteiger partial charge is 0.398 e. The van der Waals surface area contributed by atoms with Crippen LogP contribution in [0.5, 0.6) is 0 Å². The minimum Gasteiger partial charge on any atom is -0.398 e. The van der Waals surface area contributed by atoms with Gasteiger partial charge in [-0.15, -0.1) is 12.4 Å². The third kappa shape index (κ3) is 3.39. The Bertz CT molecular complexity index is 367. The number of nitrogens with zero attached hydrogens (tertiary/aromatic N) is 1. The van der Waals surface area contributed by atoms with Crippen LogP contribution >= 0.6 is 28.3 Å². The van der Waals surface area contributed by atoms with Crippen LogP contribution in [0, 0.1) is 0 Å². The third-order valence-corrected chi connectivity index (χ3v) is 2.79. The van der Waals surface area contributed by atoms with E-state index in [1.54, 1.807) is 17.0 Å². The molecule has 1 amide bonds. The molecule has 0 aliphatic rings. The Morgan fingerprint density at radius 1 is 1.38 bits per heavy atom. The number of nitrogens with two attached hydrogens (primary N) is 1. The van der Waals surface area contributed by atoms with Gasteiger partial charge in [0.05, 0.1) is 5.56 Å². The molecule has 0 saturated carbocycles. The van der Waals surface area contributed by atoms with Crippen molar-refractivity contribution >= 4 is 39.9 Å². The molecule has 0 spiro atoms. The van der Waals surface area contributed by atoms with Gasteiger partial charge < -0.3 is 10.6 Å². The lowest BCUT2D eigenvalue weighted by atomic mass is 10.1. The summed E-state index contributed by atoms with van der Waals surface area (Å²) in [5.41, 5.74) is 6.88. The van der Waals surface area contributed by atoms with Crippen LogP contribution in [-0.4, -0.2) is 23.9 Å². The van der Waals surface area contributed by atoms with Gasteiger partial charge in [-0.25, -0.2) is 0 Å². The van der Waals surface area contributed by atoms with Crippen LogP contribution in [0.4, 0.5) is 5.69 Å². The van der Waals surface area contributed by atoms with Gasteiger partial charge in [0, 0.05) is 23.2 Å². The molecule has 5 heteroatoms. The van der Waals surface area contributed by atoms with Gasteiger partial charge in [0.2, 0.25) is 0 Å². The second-order valence-corrected chi connectivity index (χ2v) is 4.12. The second kappa shape index (κ2) is 6.76. The standard InChI is InChI=1S/C11H15BrN2O.ClH/c1-3-14(4-2)11(15)9-6-5-8(12)7-10(9)13;/h5-7H,3-4,13H2,1-2H3;1H. The lowest BCUT2D eigenvalue weighted by Crippen LogP contribution is -2.31. The minimum absolute atomic E-state index is 0. The van der Waals surface area contributed by atoms with Crippen LogP contribution in [-0.2, 0) is 0 Å². The molecule has 0 saturated heterocycles. The first-order chi connectivity index (χ1) is 7.10. The Kier molecular flexibility index (Phi) is 6.45. The zero-order valence-electron chi connectivity index (χ0n) is 9.37. The molecule has 0 heterocycles. The predicted molar refractivity (Wildman–Crippen MR) is 73.1 cm³/mol. The number of halogens is 2. The summed E-state index contributed by atoms with van der Waals surface area (Å²) in [5, 5.41) is 0. The molecule has 0 aliphatic carbocycles. The first-order valence-corrected chi connectivity index (χ1v) is 5.73. The summed E-state index contributed by atoms with van der Waals surface area (Å²) < 4.78 is 0.885. The lowest BCUT2D eigenvalue weighted by Gasteiger charge is -2.19. The zero-order valence-corrected chi connectivity index (χ0v) is 11.8. The fraction of sp³-hybridized carbons (Fsp3) is 0.364. The number of amides is 1. The molecule has 3 nitrogen and oxygen atoms in total. The van der Waals surface area contributed by atoms with Crippen molar-refractivity contribution in [1.29, 1.82) is 0 Å². The van der Waals surface area contributed by atoms with Gasteiger partial charge in [0.15, 0.2) is 0 Å². The molecule has 0 radical (unpaired) electrons. The van der Waals surface area contributed by atoms with Crippen molar-refractivity contribution < 1.29 is 4.79 Å². The van der Waals surface area contributed by atoms with E-state index < -0.39 is 0 Å². The third-order valence-electron chi connectivity index (χ3n) is 2.29. The van der Waals surface area contributed by atoms with Crippen LogP contribution in [0.3, 0.4) is 0 Å². The highest BCUT2D eigenvalue weighted by Gasteiger charge is 2.14. The first kappa shape index (κ1) is 15.3. The number of anilines is 1. The van der Waals surface area contributed by atoms with Crippen LogP contribution in [0.1, 0.15) is 24.2 Å². The molecular formula is C11H16BrClN2O. The molecule has 16 heavy (non-hydrogen) atoms. The Labute approximate surface area is 111 Å². The fourth-order valence-corrected chi connectivity index (χ4v) is 1.79. The van der Waals surface area contributed by atoms with E-state index in [2.05, 4.69) is 15.9 Å². The van der Waals surface area contributed by atoms with E-state index in [9.17, 15) is 4.79 Å². The molecule has 90 valence electrons. The van der Waals surface area contributed by atoms with Gasteiger partial charge in [-0.1, -0.05) is 15.9 Å². The van der Waals surface area contributed by atoms with Crippen LogP contribution < -0.4 is 5.73 Å². The quantitative estimate of drug-likeness (QED) is 0.873. The number of rotatable bonds is 3. The van der Waals surface area contributed by atoms with Gasteiger partial charge in [-0.3, -0.25) is 4.79 Å². The molecule has 0 fully saturated rings. The van der Waals surface area contributed by atoms with Gasteiger partial charge in [0.1, 0.15) is 0 Å². The van der Waals surface area contributed by atoms with Crippen LogP contribution in [0.2, 0.25) is 0 Å². The average Bonchev–Trinajstić information content (AvgIpc) is 2.19. The van der Waals surface area contributed by atoms with Gasteiger partial charge >= 0.3 is 0 Å².